The number of esters is 1. The zero-order chi connectivity index (χ0) is 19.8. The number of nitrogens with zero attached hydrogens (tertiary/aromatic N) is 3. The first-order chi connectivity index (χ1) is 13.5. The lowest BCUT2D eigenvalue weighted by atomic mass is 10.1. The summed E-state index contributed by atoms with van der Waals surface area (Å²) >= 11 is 0. The van der Waals surface area contributed by atoms with Gasteiger partial charge in [-0.15, -0.1) is 0 Å². The van der Waals surface area contributed by atoms with E-state index in [0.717, 1.165) is 5.56 Å². The molecule has 2 aromatic carbocycles. The highest BCUT2D eigenvalue weighted by atomic mass is 16.5. The van der Waals surface area contributed by atoms with Crippen molar-refractivity contribution >= 4 is 5.97 Å². The van der Waals surface area contributed by atoms with Crippen molar-refractivity contribution in [2.45, 2.75) is 6.92 Å². The van der Waals surface area contributed by atoms with Crippen LogP contribution in [0.3, 0.4) is 0 Å². The lowest BCUT2D eigenvalue weighted by molar-refractivity contribution is 0.0600. The van der Waals surface area contributed by atoms with Gasteiger partial charge in [0.15, 0.2) is 0 Å². The third-order valence-corrected chi connectivity index (χ3v) is 4.57. The predicted molar refractivity (Wildman–Crippen MR) is 104 cm³/mol. The molecular weight excluding hydrogens is 358 g/mol. The number of phenolic OH excluding ortho intramolecular Hbond substituents is 1. The van der Waals surface area contributed by atoms with Gasteiger partial charge in [0.25, 0.3) is 5.56 Å². The van der Waals surface area contributed by atoms with Crippen LogP contribution in [-0.2, 0) is 4.74 Å². The molecule has 0 aromatic heterocycles. The Morgan fingerprint density at radius 2 is 1.79 bits per heavy atom. The minimum absolute atomic E-state index is 0.121. The second-order valence-electron chi connectivity index (χ2n) is 6.35. The summed E-state index contributed by atoms with van der Waals surface area (Å²) in [5, 5.41) is 13.9. The highest BCUT2D eigenvalue weighted by Crippen LogP contribution is 2.26. The molecule has 7 heteroatoms. The standard InChI is InChI=1S/C21H17N3O4/c1-13-5-3-4-6-18(13)24-20(26)16-11-23(14-7-9-15(25)10-8-14)12-17(19(16)22-24)21(27)28-2/h3-12,25H,1-2H3. The summed E-state index contributed by atoms with van der Waals surface area (Å²) in [6, 6.07) is 13.8. The van der Waals surface area contributed by atoms with Crippen LogP contribution in [0, 0.1) is 6.92 Å². The third-order valence-electron chi connectivity index (χ3n) is 4.57. The Morgan fingerprint density at radius 1 is 1.07 bits per heavy atom. The molecule has 0 aliphatic carbocycles. The molecule has 0 spiro atoms. The molecule has 0 saturated heterocycles. The van der Waals surface area contributed by atoms with Gasteiger partial charge in [-0.05, 0) is 42.8 Å². The van der Waals surface area contributed by atoms with Crippen molar-refractivity contribution in [2.75, 3.05) is 7.11 Å². The third kappa shape index (κ3) is 2.83. The van der Waals surface area contributed by atoms with Crippen LogP contribution in [-0.4, -0.2) is 32.5 Å². The molecular formula is C21H17N3O4. The number of aryl methyl sites for hydroxylation is 1. The van der Waals surface area contributed by atoms with Crippen molar-refractivity contribution < 1.29 is 14.6 Å². The lowest BCUT2D eigenvalue weighted by Gasteiger charge is -2.11. The van der Waals surface area contributed by atoms with E-state index in [4.69, 9.17) is 4.74 Å². The fourth-order valence-electron chi connectivity index (χ4n) is 3.10. The van der Waals surface area contributed by atoms with Crippen molar-refractivity contribution in [3.8, 4) is 28.4 Å². The molecule has 0 saturated carbocycles. The number of para-hydroxylation sites is 1. The van der Waals surface area contributed by atoms with E-state index >= 15 is 0 Å². The minimum Gasteiger partial charge on any atom is -0.508 e. The first kappa shape index (κ1) is 17.5. The summed E-state index contributed by atoms with van der Waals surface area (Å²) in [4.78, 5) is 25.4. The molecule has 2 heterocycles. The summed E-state index contributed by atoms with van der Waals surface area (Å²) in [6.45, 7) is 1.89. The van der Waals surface area contributed by atoms with Gasteiger partial charge in [0.2, 0.25) is 0 Å². The van der Waals surface area contributed by atoms with E-state index in [-0.39, 0.29) is 22.6 Å². The monoisotopic (exact) mass is 375 g/mol. The highest BCUT2D eigenvalue weighted by Gasteiger charge is 2.25. The van der Waals surface area contributed by atoms with Gasteiger partial charge in [-0.25, -0.2) is 4.79 Å². The average Bonchev–Trinajstić information content (AvgIpc) is 3.04. The summed E-state index contributed by atoms with van der Waals surface area (Å²) in [7, 11) is 1.28. The number of hydrogen-bond donors (Lipinski definition) is 1. The van der Waals surface area contributed by atoms with Gasteiger partial charge >= 0.3 is 5.97 Å². The Kier molecular flexibility index (Phi) is 4.19. The van der Waals surface area contributed by atoms with Crippen LogP contribution in [0.25, 0.3) is 22.6 Å². The van der Waals surface area contributed by atoms with Gasteiger partial charge in [0.05, 0.1) is 18.4 Å². The molecule has 140 valence electrons. The van der Waals surface area contributed by atoms with Crippen LogP contribution in [0.15, 0.2) is 65.7 Å². The summed E-state index contributed by atoms with van der Waals surface area (Å²) in [6.07, 6.45) is 3.19. The topological polar surface area (TPSA) is 86.4 Å². The van der Waals surface area contributed by atoms with E-state index in [1.54, 1.807) is 35.2 Å². The minimum atomic E-state index is -0.590. The summed E-state index contributed by atoms with van der Waals surface area (Å²) < 4.78 is 7.83. The van der Waals surface area contributed by atoms with E-state index in [1.807, 2.05) is 25.1 Å². The largest absolute Gasteiger partial charge is 0.508 e. The fraction of sp³-hybridized carbons (Fsp3) is 0.0952. The molecule has 2 aliphatic rings. The molecule has 28 heavy (non-hydrogen) atoms. The van der Waals surface area contributed by atoms with E-state index in [1.165, 1.54) is 23.9 Å². The maximum Gasteiger partial charge on any atom is 0.341 e. The SMILES string of the molecule is COC(=O)c1cn(-c2ccc(O)cc2)cc2c(=O)n(-c3ccccc3C)nc1-2. The van der Waals surface area contributed by atoms with Crippen molar-refractivity contribution in [3.63, 3.8) is 0 Å². The molecule has 2 aromatic rings. The molecule has 4 rings (SSSR count). The number of carbonyl (C=O) groups excluding carboxylic acids is 1. The number of rotatable bonds is 3. The number of aromatic nitrogens is 3. The Morgan fingerprint density at radius 3 is 2.46 bits per heavy atom. The quantitative estimate of drug-likeness (QED) is 0.557. The molecule has 0 atom stereocenters. The molecule has 0 unspecified atom stereocenters. The molecule has 7 nitrogen and oxygen atoms in total. The predicted octanol–water partition coefficient (Wildman–Crippen LogP) is 2.93. The molecule has 0 bridgehead atoms. The smallest absolute Gasteiger partial charge is 0.341 e. The van der Waals surface area contributed by atoms with Crippen molar-refractivity contribution in [1.82, 2.24) is 14.3 Å². The maximum absolute atomic E-state index is 13.1. The van der Waals surface area contributed by atoms with Crippen molar-refractivity contribution in [3.05, 3.63) is 82.4 Å². The van der Waals surface area contributed by atoms with Gasteiger partial charge in [-0.3, -0.25) is 4.79 Å². The average molecular weight is 375 g/mol. The molecule has 0 radical (unpaired) electrons. The number of methoxy groups -OCH3 is 1. The summed E-state index contributed by atoms with van der Waals surface area (Å²) in [5.41, 5.74) is 2.62. The van der Waals surface area contributed by atoms with Gasteiger partial charge in [0, 0.05) is 18.1 Å². The molecule has 1 N–H and O–H groups in total. The van der Waals surface area contributed by atoms with E-state index in [0.29, 0.717) is 16.9 Å². The molecule has 2 aliphatic heterocycles. The van der Waals surface area contributed by atoms with Crippen LogP contribution in [0.1, 0.15) is 15.9 Å². The van der Waals surface area contributed by atoms with Crippen LogP contribution in [0.5, 0.6) is 5.75 Å². The number of aromatic hydroxyl groups is 1. The van der Waals surface area contributed by atoms with Gasteiger partial charge in [-0.2, -0.15) is 9.78 Å². The zero-order valence-corrected chi connectivity index (χ0v) is 15.3. The van der Waals surface area contributed by atoms with Gasteiger partial charge < -0.3 is 14.4 Å². The fourth-order valence-corrected chi connectivity index (χ4v) is 3.10. The number of carbonyl (C=O) groups is 1. The van der Waals surface area contributed by atoms with Gasteiger partial charge in [0.1, 0.15) is 17.0 Å². The van der Waals surface area contributed by atoms with E-state index in [2.05, 4.69) is 5.10 Å². The second-order valence-corrected chi connectivity index (χ2v) is 6.35. The van der Waals surface area contributed by atoms with Gasteiger partial charge in [-0.1, -0.05) is 18.2 Å². The molecule has 0 amide bonds. The van der Waals surface area contributed by atoms with E-state index in [9.17, 15) is 14.7 Å². The van der Waals surface area contributed by atoms with Crippen LogP contribution in [0.4, 0.5) is 0 Å². The first-order valence-corrected chi connectivity index (χ1v) is 8.58. The van der Waals surface area contributed by atoms with Crippen molar-refractivity contribution in [2.24, 2.45) is 0 Å². The first-order valence-electron chi connectivity index (χ1n) is 8.58. The van der Waals surface area contributed by atoms with Crippen LogP contribution in [0.2, 0.25) is 0 Å². The summed E-state index contributed by atoms with van der Waals surface area (Å²) in [5.74, 6) is -0.469. The zero-order valence-electron chi connectivity index (χ0n) is 15.3. The highest BCUT2D eigenvalue weighted by molar-refractivity contribution is 5.96. The number of phenols is 1. The number of fused-ring (bicyclic) bond motifs is 1. The Hall–Kier alpha value is -3.87. The van der Waals surface area contributed by atoms with E-state index < -0.39 is 5.97 Å². The maximum atomic E-state index is 13.1. The Balaban J connectivity index is 2.01. The number of ether oxygens (including phenoxy) is 1. The lowest BCUT2D eigenvalue weighted by Crippen LogP contribution is -2.16. The normalized spacial score (nSPS) is 10.9. The second kappa shape index (κ2) is 6.70. The molecule has 0 fully saturated rings. The van der Waals surface area contributed by atoms with Crippen molar-refractivity contribution in [1.29, 1.82) is 0 Å². The van der Waals surface area contributed by atoms with Crippen LogP contribution < -0.4 is 5.56 Å². The number of pyridine rings is 1. The number of benzene rings is 2. The van der Waals surface area contributed by atoms with Crippen LogP contribution >= 0.6 is 0 Å². The Labute approximate surface area is 160 Å². The Bertz CT molecular complexity index is 1210. The number of hydrogen-bond acceptors (Lipinski definition) is 5.